The summed E-state index contributed by atoms with van der Waals surface area (Å²) < 4.78 is 6.31. The van der Waals surface area contributed by atoms with Crippen LogP contribution < -0.4 is 5.32 Å². The fourth-order valence-electron chi connectivity index (χ4n) is 3.92. The van der Waals surface area contributed by atoms with Crippen LogP contribution >= 0.6 is 0 Å². The molecule has 2 atom stereocenters. The largest absolute Gasteiger partial charge is 0.372 e. The summed E-state index contributed by atoms with van der Waals surface area (Å²) in [6.07, 6.45) is 9.51. The van der Waals surface area contributed by atoms with Gasteiger partial charge < -0.3 is 10.1 Å². The summed E-state index contributed by atoms with van der Waals surface area (Å²) in [5.41, 5.74) is 2.92. The number of likely N-dealkylation sites (N-methyl/N-ethyl adjacent to an activating group) is 1. The highest BCUT2D eigenvalue weighted by atomic mass is 16.5. The molecule has 2 unspecified atom stereocenters. The van der Waals surface area contributed by atoms with Crippen LogP contribution in [0.2, 0.25) is 0 Å². The first kappa shape index (κ1) is 14.1. The average molecular weight is 273 g/mol. The van der Waals surface area contributed by atoms with Crippen molar-refractivity contribution in [1.29, 1.82) is 0 Å². The normalized spacial score (nSPS) is 24.6. The quantitative estimate of drug-likeness (QED) is 0.879. The van der Waals surface area contributed by atoms with Crippen molar-refractivity contribution in [1.82, 2.24) is 5.32 Å². The van der Waals surface area contributed by atoms with E-state index in [1.54, 1.807) is 0 Å². The second-order valence-corrected chi connectivity index (χ2v) is 6.35. The Morgan fingerprint density at radius 1 is 1.15 bits per heavy atom. The summed E-state index contributed by atoms with van der Waals surface area (Å²) in [5, 5.41) is 3.48. The molecule has 0 amide bonds. The molecule has 0 heterocycles. The lowest BCUT2D eigenvalue weighted by atomic mass is 9.89. The third-order valence-electron chi connectivity index (χ3n) is 5.13. The molecule has 1 saturated carbocycles. The van der Waals surface area contributed by atoms with E-state index in [0.717, 1.165) is 12.5 Å². The first-order valence-electron chi connectivity index (χ1n) is 8.25. The van der Waals surface area contributed by atoms with Gasteiger partial charge in [0.05, 0.1) is 12.7 Å². The minimum atomic E-state index is 0.317. The van der Waals surface area contributed by atoms with Gasteiger partial charge in [0.15, 0.2) is 0 Å². The lowest BCUT2D eigenvalue weighted by molar-refractivity contribution is 0.0182. The molecule has 110 valence electrons. The Balaban J connectivity index is 1.60. The Kier molecular flexibility index (Phi) is 4.74. The lowest BCUT2D eigenvalue weighted by Gasteiger charge is -2.29. The van der Waals surface area contributed by atoms with Gasteiger partial charge in [0.2, 0.25) is 0 Å². The summed E-state index contributed by atoms with van der Waals surface area (Å²) in [5.74, 6) is 0.818. The van der Waals surface area contributed by atoms with Crippen molar-refractivity contribution in [2.24, 2.45) is 5.92 Å². The zero-order valence-electron chi connectivity index (χ0n) is 12.6. The van der Waals surface area contributed by atoms with Gasteiger partial charge in [-0.2, -0.15) is 0 Å². The third-order valence-corrected chi connectivity index (χ3v) is 5.13. The minimum Gasteiger partial charge on any atom is -0.372 e. The zero-order valence-corrected chi connectivity index (χ0v) is 12.6. The Hall–Kier alpha value is -0.860. The predicted octanol–water partition coefficient (Wildman–Crippen LogP) is 3.86. The minimum absolute atomic E-state index is 0.317. The summed E-state index contributed by atoms with van der Waals surface area (Å²) in [7, 11) is 2.08. The number of nitrogens with one attached hydrogen (secondary N) is 1. The predicted molar refractivity (Wildman–Crippen MR) is 82.9 cm³/mol. The van der Waals surface area contributed by atoms with Crippen molar-refractivity contribution in [3.8, 4) is 0 Å². The number of rotatable bonds is 5. The van der Waals surface area contributed by atoms with Crippen LogP contribution in [-0.4, -0.2) is 19.7 Å². The molecule has 0 saturated heterocycles. The Morgan fingerprint density at radius 2 is 1.95 bits per heavy atom. The van der Waals surface area contributed by atoms with Crippen LogP contribution in [0.3, 0.4) is 0 Å². The van der Waals surface area contributed by atoms with Gasteiger partial charge in [0.1, 0.15) is 0 Å². The van der Waals surface area contributed by atoms with Gasteiger partial charge in [-0.3, -0.25) is 0 Å². The number of hydrogen-bond acceptors (Lipinski definition) is 2. The maximum Gasteiger partial charge on any atom is 0.0828 e. The molecule has 1 N–H and O–H groups in total. The van der Waals surface area contributed by atoms with Crippen molar-refractivity contribution >= 4 is 0 Å². The second kappa shape index (κ2) is 6.73. The van der Waals surface area contributed by atoms with Gasteiger partial charge in [0.25, 0.3) is 0 Å². The highest BCUT2D eigenvalue weighted by Crippen LogP contribution is 2.33. The summed E-state index contributed by atoms with van der Waals surface area (Å²) in [6.45, 7) is 0.861. The van der Waals surface area contributed by atoms with Crippen LogP contribution in [0.5, 0.6) is 0 Å². The average Bonchev–Trinajstić information content (AvgIpc) is 3.02. The molecular weight excluding hydrogens is 246 g/mol. The smallest absolute Gasteiger partial charge is 0.0828 e. The van der Waals surface area contributed by atoms with Gasteiger partial charge in [-0.15, -0.1) is 0 Å². The first-order chi connectivity index (χ1) is 9.88. The molecule has 2 aliphatic rings. The topological polar surface area (TPSA) is 21.3 Å². The molecule has 1 aromatic rings. The Bertz CT molecular complexity index is 425. The lowest BCUT2D eigenvalue weighted by Crippen LogP contribution is -2.37. The van der Waals surface area contributed by atoms with E-state index in [9.17, 15) is 0 Å². The van der Waals surface area contributed by atoms with Crippen LogP contribution in [-0.2, 0) is 11.2 Å². The van der Waals surface area contributed by atoms with Gasteiger partial charge >= 0.3 is 0 Å². The van der Waals surface area contributed by atoms with Crippen LogP contribution in [0.1, 0.15) is 55.8 Å². The number of aryl methyl sites for hydroxylation is 1. The Labute approximate surface area is 122 Å². The third kappa shape index (κ3) is 3.07. The van der Waals surface area contributed by atoms with E-state index >= 15 is 0 Å². The molecule has 0 radical (unpaired) electrons. The van der Waals surface area contributed by atoms with E-state index in [1.165, 1.54) is 56.1 Å². The van der Waals surface area contributed by atoms with Crippen molar-refractivity contribution in [2.45, 2.75) is 57.1 Å². The zero-order chi connectivity index (χ0) is 13.8. The Morgan fingerprint density at radius 3 is 2.75 bits per heavy atom. The van der Waals surface area contributed by atoms with Crippen LogP contribution in [0.15, 0.2) is 24.3 Å². The molecule has 0 spiro atoms. The van der Waals surface area contributed by atoms with Crippen molar-refractivity contribution in [3.05, 3.63) is 35.4 Å². The van der Waals surface area contributed by atoms with E-state index < -0.39 is 0 Å². The van der Waals surface area contributed by atoms with Crippen molar-refractivity contribution < 1.29 is 4.74 Å². The molecule has 20 heavy (non-hydrogen) atoms. The molecule has 0 bridgehead atoms. The molecule has 1 fully saturated rings. The summed E-state index contributed by atoms with van der Waals surface area (Å²) >= 11 is 0. The van der Waals surface area contributed by atoms with E-state index in [2.05, 4.69) is 36.6 Å². The van der Waals surface area contributed by atoms with Gasteiger partial charge in [-0.1, -0.05) is 37.1 Å². The highest BCUT2D eigenvalue weighted by molar-refractivity contribution is 5.31. The molecule has 0 aromatic heterocycles. The fraction of sp³-hybridized carbons (Fsp3) is 0.667. The molecule has 2 aliphatic carbocycles. The van der Waals surface area contributed by atoms with Gasteiger partial charge in [-0.25, -0.2) is 0 Å². The van der Waals surface area contributed by atoms with E-state index in [0.29, 0.717) is 12.1 Å². The molecule has 3 rings (SSSR count). The second-order valence-electron chi connectivity index (χ2n) is 6.35. The van der Waals surface area contributed by atoms with Crippen LogP contribution in [0, 0.1) is 5.92 Å². The van der Waals surface area contributed by atoms with Crippen LogP contribution in [0.4, 0.5) is 0 Å². The molecule has 2 nitrogen and oxygen atoms in total. The van der Waals surface area contributed by atoms with Crippen LogP contribution in [0.25, 0.3) is 0 Å². The SMILES string of the molecule is CNC(COC1CCCc2ccccc21)C1CCCC1. The standard InChI is InChI=1S/C18H27NO/c1-19-17(15-8-2-3-9-15)13-20-18-12-6-10-14-7-4-5-11-16(14)18/h4-5,7,11,15,17-19H,2-3,6,8-10,12-13H2,1H3. The monoisotopic (exact) mass is 273 g/mol. The highest BCUT2D eigenvalue weighted by Gasteiger charge is 2.26. The van der Waals surface area contributed by atoms with Gasteiger partial charge in [-0.05, 0) is 56.2 Å². The number of hydrogen-bond donors (Lipinski definition) is 1. The van der Waals surface area contributed by atoms with Crippen molar-refractivity contribution in [2.75, 3.05) is 13.7 Å². The molecule has 1 aromatic carbocycles. The molecule has 0 aliphatic heterocycles. The number of benzene rings is 1. The summed E-state index contributed by atoms with van der Waals surface area (Å²) in [6, 6.07) is 9.34. The number of fused-ring (bicyclic) bond motifs is 1. The van der Waals surface area contributed by atoms with E-state index in [-0.39, 0.29) is 0 Å². The van der Waals surface area contributed by atoms with E-state index in [1.807, 2.05) is 0 Å². The first-order valence-corrected chi connectivity index (χ1v) is 8.25. The van der Waals surface area contributed by atoms with Crippen molar-refractivity contribution in [3.63, 3.8) is 0 Å². The molecular formula is C18H27NO. The van der Waals surface area contributed by atoms with Gasteiger partial charge in [0, 0.05) is 6.04 Å². The maximum atomic E-state index is 6.31. The summed E-state index contributed by atoms with van der Waals surface area (Å²) in [4.78, 5) is 0. The van der Waals surface area contributed by atoms with E-state index in [4.69, 9.17) is 4.74 Å². The number of ether oxygens (including phenoxy) is 1. The maximum absolute atomic E-state index is 6.31. The molecule has 2 heteroatoms. The fourth-order valence-corrected chi connectivity index (χ4v) is 3.92.